The van der Waals surface area contributed by atoms with E-state index in [4.69, 9.17) is 5.11 Å². The Hall–Kier alpha value is -1.32. The molecule has 0 aromatic rings. The van der Waals surface area contributed by atoms with Crippen LogP contribution in [0, 0.1) is 11.3 Å². The van der Waals surface area contributed by atoms with E-state index in [-0.39, 0.29) is 5.91 Å². The van der Waals surface area contributed by atoms with Gasteiger partial charge in [-0.15, -0.1) is 0 Å². The second-order valence-electron chi connectivity index (χ2n) is 5.87. The SMILES string of the molecule is C/C=C/CC(NC(=O)C(C)(C)C1CCCC1)C(=O)O. The van der Waals surface area contributed by atoms with E-state index in [1.54, 1.807) is 12.2 Å². The second kappa shape index (κ2) is 6.73. The molecule has 0 aliphatic heterocycles. The van der Waals surface area contributed by atoms with Crippen LogP contribution in [0.5, 0.6) is 0 Å². The summed E-state index contributed by atoms with van der Waals surface area (Å²) in [6, 6.07) is -0.829. The molecule has 4 heteroatoms. The number of allylic oxidation sites excluding steroid dienone is 1. The predicted octanol–water partition coefficient (Wildman–Crippen LogP) is 2.74. The third-order valence-electron chi connectivity index (χ3n) is 4.17. The summed E-state index contributed by atoms with van der Waals surface area (Å²) in [6.45, 7) is 5.68. The van der Waals surface area contributed by atoms with Crippen molar-refractivity contribution in [3.63, 3.8) is 0 Å². The van der Waals surface area contributed by atoms with E-state index in [9.17, 15) is 9.59 Å². The maximum absolute atomic E-state index is 12.3. The summed E-state index contributed by atoms with van der Waals surface area (Å²) in [6.07, 6.45) is 8.36. The Kier molecular flexibility index (Phi) is 5.58. The molecular formula is C15H25NO3. The predicted molar refractivity (Wildman–Crippen MR) is 74.7 cm³/mol. The Bertz CT molecular complexity index is 354. The number of rotatable bonds is 6. The van der Waals surface area contributed by atoms with Crippen molar-refractivity contribution in [1.29, 1.82) is 0 Å². The third kappa shape index (κ3) is 4.08. The van der Waals surface area contributed by atoms with Crippen LogP contribution in [0.3, 0.4) is 0 Å². The molecule has 1 fully saturated rings. The molecule has 1 saturated carbocycles. The van der Waals surface area contributed by atoms with Gasteiger partial charge in [-0.05, 0) is 32.1 Å². The highest BCUT2D eigenvalue weighted by Crippen LogP contribution is 2.39. The van der Waals surface area contributed by atoms with Crippen LogP contribution in [0.1, 0.15) is 52.9 Å². The highest BCUT2D eigenvalue weighted by atomic mass is 16.4. The molecule has 0 aromatic carbocycles. The lowest BCUT2D eigenvalue weighted by atomic mass is 9.77. The number of carboxylic acid groups (broad SMARTS) is 1. The number of carbonyl (C=O) groups excluding carboxylic acids is 1. The lowest BCUT2D eigenvalue weighted by Crippen LogP contribution is -2.48. The first kappa shape index (κ1) is 15.7. The van der Waals surface area contributed by atoms with Crippen molar-refractivity contribution in [3.8, 4) is 0 Å². The van der Waals surface area contributed by atoms with Crippen LogP contribution in [-0.2, 0) is 9.59 Å². The van der Waals surface area contributed by atoms with Crippen LogP contribution in [0.25, 0.3) is 0 Å². The van der Waals surface area contributed by atoms with Gasteiger partial charge in [-0.2, -0.15) is 0 Å². The smallest absolute Gasteiger partial charge is 0.326 e. The molecule has 19 heavy (non-hydrogen) atoms. The summed E-state index contributed by atoms with van der Waals surface area (Å²) in [5, 5.41) is 11.8. The van der Waals surface area contributed by atoms with Gasteiger partial charge in [-0.3, -0.25) is 4.79 Å². The van der Waals surface area contributed by atoms with Gasteiger partial charge in [0.05, 0.1) is 0 Å². The Morgan fingerprint density at radius 1 is 1.37 bits per heavy atom. The zero-order valence-electron chi connectivity index (χ0n) is 12.1. The molecule has 2 N–H and O–H groups in total. The molecular weight excluding hydrogens is 242 g/mol. The third-order valence-corrected chi connectivity index (χ3v) is 4.17. The summed E-state index contributed by atoms with van der Waals surface area (Å²) < 4.78 is 0. The number of aliphatic carboxylic acids is 1. The fourth-order valence-electron chi connectivity index (χ4n) is 2.67. The lowest BCUT2D eigenvalue weighted by molar-refractivity contribution is -0.144. The highest BCUT2D eigenvalue weighted by Gasteiger charge is 2.39. The fourth-order valence-corrected chi connectivity index (χ4v) is 2.67. The molecule has 1 unspecified atom stereocenters. The highest BCUT2D eigenvalue weighted by molar-refractivity contribution is 5.87. The first-order valence-corrected chi connectivity index (χ1v) is 7.04. The van der Waals surface area contributed by atoms with Crippen LogP contribution < -0.4 is 5.32 Å². The monoisotopic (exact) mass is 267 g/mol. The van der Waals surface area contributed by atoms with Crippen molar-refractivity contribution < 1.29 is 14.7 Å². The van der Waals surface area contributed by atoms with Gasteiger partial charge in [0.2, 0.25) is 5.91 Å². The minimum atomic E-state index is -0.978. The first-order chi connectivity index (χ1) is 8.89. The summed E-state index contributed by atoms with van der Waals surface area (Å²) in [5.74, 6) is -0.756. The molecule has 0 heterocycles. The van der Waals surface area contributed by atoms with Crippen LogP contribution in [0.15, 0.2) is 12.2 Å². The topological polar surface area (TPSA) is 66.4 Å². The molecule has 1 aliphatic carbocycles. The Labute approximate surface area is 115 Å². The Morgan fingerprint density at radius 3 is 2.42 bits per heavy atom. The first-order valence-electron chi connectivity index (χ1n) is 7.04. The average molecular weight is 267 g/mol. The number of hydrogen-bond donors (Lipinski definition) is 2. The molecule has 108 valence electrons. The van der Waals surface area contributed by atoms with Crippen molar-refractivity contribution >= 4 is 11.9 Å². The number of amides is 1. The molecule has 0 radical (unpaired) electrons. The molecule has 0 spiro atoms. The Morgan fingerprint density at radius 2 is 1.95 bits per heavy atom. The van der Waals surface area contributed by atoms with Crippen LogP contribution in [-0.4, -0.2) is 23.0 Å². The molecule has 0 aromatic heterocycles. The summed E-state index contributed by atoms with van der Waals surface area (Å²) in [4.78, 5) is 23.5. The second-order valence-corrected chi connectivity index (χ2v) is 5.87. The van der Waals surface area contributed by atoms with Gasteiger partial charge < -0.3 is 10.4 Å². The summed E-state index contributed by atoms with van der Waals surface area (Å²) in [5.41, 5.74) is -0.486. The fraction of sp³-hybridized carbons (Fsp3) is 0.733. The molecule has 1 amide bonds. The van der Waals surface area contributed by atoms with Gasteiger partial charge in [-0.1, -0.05) is 38.8 Å². The van der Waals surface area contributed by atoms with Gasteiger partial charge in [0.1, 0.15) is 6.04 Å². The molecule has 0 saturated heterocycles. The van der Waals surface area contributed by atoms with E-state index in [1.807, 2.05) is 20.8 Å². The molecule has 1 atom stereocenters. The number of hydrogen-bond acceptors (Lipinski definition) is 2. The minimum Gasteiger partial charge on any atom is -0.480 e. The van der Waals surface area contributed by atoms with E-state index in [2.05, 4.69) is 5.32 Å². The van der Waals surface area contributed by atoms with Gasteiger partial charge in [0, 0.05) is 5.41 Å². The van der Waals surface area contributed by atoms with Crippen molar-refractivity contribution in [2.45, 2.75) is 58.9 Å². The van der Waals surface area contributed by atoms with Crippen LogP contribution >= 0.6 is 0 Å². The van der Waals surface area contributed by atoms with Crippen molar-refractivity contribution in [3.05, 3.63) is 12.2 Å². The van der Waals surface area contributed by atoms with Crippen molar-refractivity contribution in [1.82, 2.24) is 5.32 Å². The van der Waals surface area contributed by atoms with E-state index in [0.29, 0.717) is 12.3 Å². The van der Waals surface area contributed by atoms with E-state index in [1.165, 1.54) is 12.8 Å². The van der Waals surface area contributed by atoms with Crippen LogP contribution in [0.2, 0.25) is 0 Å². The van der Waals surface area contributed by atoms with E-state index >= 15 is 0 Å². The van der Waals surface area contributed by atoms with Gasteiger partial charge in [0.15, 0.2) is 0 Å². The standard InChI is InChI=1S/C15H25NO3/c1-4-5-10-12(13(17)18)16-14(19)15(2,3)11-8-6-7-9-11/h4-5,11-12H,6-10H2,1-3H3,(H,16,19)(H,17,18)/b5-4+. The lowest BCUT2D eigenvalue weighted by Gasteiger charge is -2.31. The minimum absolute atomic E-state index is 0.142. The maximum atomic E-state index is 12.3. The number of carbonyl (C=O) groups is 2. The van der Waals surface area contributed by atoms with Crippen molar-refractivity contribution in [2.75, 3.05) is 0 Å². The van der Waals surface area contributed by atoms with Crippen LogP contribution in [0.4, 0.5) is 0 Å². The maximum Gasteiger partial charge on any atom is 0.326 e. The Balaban J connectivity index is 2.66. The van der Waals surface area contributed by atoms with E-state index in [0.717, 1.165) is 12.8 Å². The largest absolute Gasteiger partial charge is 0.480 e. The summed E-state index contributed by atoms with van der Waals surface area (Å²) >= 11 is 0. The van der Waals surface area contributed by atoms with Gasteiger partial charge in [-0.25, -0.2) is 4.79 Å². The molecule has 4 nitrogen and oxygen atoms in total. The number of nitrogens with one attached hydrogen (secondary N) is 1. The van der Waals surface area contributed by atoms with E-state index < -0.39 is 17.4 Å². The van der Waals surface area contributed by atoms with Gasteiger partial charge in [0.25, 0.3) is 0 Å². The molecule has 1 aliphatic rings. The molecule has 0 bridgehead atoms. The normalized spacial score (nSPS) is 18.7. The zero-order valence-corrected chi connectivity index (χ0v) is 12.1. The average Bonchev–Trinajstić information content (AvgIpc) is 2.87. The molecule has 1 rings (SSSR count). The zero-order chi connectivity index (χ0) is 14.5. The van der Waals surface area contributed by atoms with Gasteiger partial charge >= 0.3 is 5.97 Å². The summed E-state index contributed by atoms with van der Waals surface area (Å²) in [7, 11) is 0. The quantitative estimate of drug-likeness (QED) is 0.727. The van der Waals surface area contributed by atoms with Crippen molar-refractivity contribution in [2.24, 2.45) is 11.3 Å². The number of carboxylic acids is 1.